The fraction of sp³-hybridized carbons (Fsp3) is 0.515. The van der Waals surface area contributed by atoms with Crippen LogP contribution in [0.25, 0.3) is 5.76 Å². The van der Waals surface area contributed by atoms with E-state index in [1.807, 2.05) is 45.9 Å². The zero-order chi connectivity index (χ0) is 27.4. The van der Waals surface area contributed by atoms with Gasteiger partial charge in [0.15, 0.2) is 11.6 Å². The Labute approximate surface area is 221 Å². The molecule has 37 heavy (non-hydrogen) atoms. The third-order valence-electron chi connectivity index (χ3n) is 9.39. The number of ketones is 2. The van der Waals surface area contributed by atoms with Gasteiger partial charge in [-0.15, -0.1) is 0 Å². The van der Waals surface area contributed by atoms with Crippen molar-refractivity contribution < 1.29 is 19.8 Å². The van der Waals surface area contributed by atoms with E-state index >= 15 is 0 Å². The number of rotatable bonds is 7. The molecule has 4 aliphatic rings. The standard InChI is InChI=1S/C33H42O4/c1-21(2)13-14-25-19-32(18-16-23(5)6)29(36)31(17-15-22(3)4)20-30(25,7)33(32,37)26(28(31)35)27(34)24-11-9-8-10-12-24/h8-13,15-16,25,34,37H,14,17-20H2,1-7H3/b27-26+/t25-,30+,31+,32+,33-/m1/s1. The summed E-state index contributed by atoms with van der Waals surface area (Å²) in [4.78, 5) is 29.1. The van der Waals surface area contributed by atoms with Crippen LogP contribution in [0, 0.1) is 22.2 Å². The van der Waals surface area contributed by atoms with Gasteiger partial charge in [0, 0.05) is 11.0 Å². The van der Waals surface area contributed by atoms with E-state index in [4.69, 9.17) is 0 Å². The Morgan fingerprint density at radius 1 is 0.919 bits per heavy atom. The molecule has 2 N–H and O–H groups in total. The van der Waals surface area contributed by atoms with Crippen LogP contribution in [0.3, 0.4) is 0 Å². The number of fused-ring (bicyclic) bond motifs is 1. The Kier molecular flexibility index (Phi) is 6.82. The summed E-state index contributed by atoms with van der Waals surface area (Å²) in [6.45, 7) is 14.1. The van der Waals surface area contributed by atoms with Crippen molar-refractivity contribution in [1.29, 1.82) is 0 Å². The van der Waals surface area contributed by atoms with E-state index in [0.29, 0.717) is 24.8 Å². The summed E-state index contributed by atoms with van der Waals surface area (Å²) in [7, 11) is 0. The van der Waals surface area contributed by atoms with Crippen molar-refractivity contribution in [2.75, 3.05) is 0 Å². The van der Waals surface area contributed by atoms with Crippen LogP contribution in [0.4, 0.5) is 0 Å². The SMILES string of the molecule is CC(C)=CC[C@@H]1C[C@@]2(CC=C(C)C)C(=O)[C@@]3(CC=C(C)C)C[C@]1(C)[C@]2(O)/C(=C(/O)c1ccccc1)C3=O. The van der Waals surface area contributed by atoms with Crippen LogP contribution in [0.5, 0.6) is 0 Å². The number of carbonyl (C=O) groups is 2. The first-order valence-electron chi connectivity index (χ1n) is 13.5. The highest BCUT2D eigenvalue weighted by molar-refractivity contribution is 6.24. The van der Waals surface area contributed by atoms with Crippen LogP contribution in [0.1, 0.15) is 86.1 Å². The van der Waals surface area contributed by atoms with Crippen molar-refractivity contribution in [2.45, 2.75) is 86.2 Å². The van der Waals surface area contributed by atoms with E-state index in [2.05, 4.69) is 26.8 Å². The molecular formula is C33H42O4. The van der Waals surface area contributed by atoms with Crippen LogP contribution < -0.4 is 0 Å². The predicted molar refractivity (Wildman–Crippen MR) is 149 cm³/mol. The van der Waals surface area contributed by atoms with Crippen molar-refractivity contribution in [1.82, 2.24) is 0 Å². The Balaban J connectivity index is 2.10. The van der Waals surface area contributed by atoms with E-state index in [1.54, 1.807) is 24.3 Å². The summed E-state index contributed by atoms with van der Waals surface area (Å²) < 4.78 is 0. The zero-order valence-electron chi connectivity index (χ0n) is 23.4. The van der Waals surface area contributed by atoms with Crippen molar-refractivity contribution in [3.63, 3.8) is 0 Å². The molecule has 4 bridgehead atoms. The lowest BCUT2D eigenvalue weighted by Crippen LogP contribution is -2.74. The molecule has 0 aliphatic heterocycles. The molecule has 0 saturated heterocycles. The topological polar surface area (TPSA) is 74.6 Å². The number of carbonyl (C=O) groups excluding carboxylic acids is 2. The van der Waals surface area contributed by atoms with Gasteiger partial charge in [-0.3, -0.25) is 9.59 Å². The average Bonchev–Trinajstić information content (AvgIpc) is 2.98. The number of Topliss-reactive ketones (excluding diaryl/α,β-unsaturated/α-hetero) is 2. The summed E-state index contributed by atoms with van der Waals surface area (Å²) in [5.41, 5.74) is -1.21. The normalized spacial score (nSPS) is 35.3. The molecule has 0 unspecified atom stereocenters. The molecule has 4 heteroatoms. The second-order valence-corrected chi connectivity index (χ2v) is 12.6. The Morgan fingerprint density at radius 3 is 2.05 bits per heavy atom. The highest BCUT2D eigenvalue weighted by atomic mass is 16.3. The molecule has 0 amide bonds. The molecular weight excluding hydrogens is 460 g/mol. The number of aliphatic hydroxyl groups excluding tert-OH is 1. The van der Waals surface area contributed by atoms with Crippen molar-refractivity contribution in [3.05, 3.63) is 76.4 Å². The number of hydrogen-bond acceptors (Lipinski definition) is 4. The minimum absolute atomic E-state index is 0.0119. The van der Waals surface area contributed by atoms with E-state index in [9.17, 15) is 19.8 Å². The van der Waals surface area contributed by atoms with Crippen molar-refractivity contribution in [3.8, 4) is 0 Å². The smallest absolute Gasteiger partial charge is 0.179 e. The fourth-order valence-corrected chi connectivity index (χ4v) is 7.52. The lowest BCUT2D eigenvalue weighted by molar-refractivity contribution is -0.199. The number of benzene rings is 1. The number of hydrogen-bond donors (Lipinski definition) is 2. The molecule has 0 spiro atoms. The van der Waals surface area contributed by atoms with Gasteiger partial charge in [0.1, 0.15) is 11.4 Å². The van der Waals surface area contributed by atoms with Gasteiger partial charge >= 0.3 is 0 Å². The zero-order valence-corrected chi connectivity index (χ0v) is 23.4. The van der Waals surface area contributed by atoms with Gasteiger partial charge in [-0.05, 0) is 79.6 Å². The monoisotopic (exact) mass is 502 g/mol. The first-order valence-corrected chi connectivity index (χ1v) is 13.5. The lowest BCUT2D eigenvalue weighted by atomic mass is 9.38. The predicted octanol–water partition coefficient (Wildman–Crippen LogP) is 7.31. The Hall–Kier alpha value is -2.72. The first kappa shape index (κ1) is 27.3. The Morgan fingerprint density at radius 2 is 1.49 bits per heavy atom. The highest BCUT2D eigenvalue weighted by Gasteiger charge is 2.85. The fourth-order valence-electron chi connectivity index (χ4n) is 7.52. The van der Waals surface area contributed by atoms with Crippen LogP contribution in [-0.4, -0.2) is 27.4 Å². The summed E-state index contributed by atoms with van der Waals surface area (Å²) in [5.74, 6) is -0.768. The largest absolute Gasteiger partial charge is 0.507 e. The molecule has 0 radical (unpaired) electrons. The van der Waals surface area contributed by atoms with Gasteiger partial charge in [0.25, 0.3) is 0 Å². The summed E-state index contributed by atoms with van der Waals surface area (Å²) in [6, 6.07) is 8.96. The first-order chi connectivity index (χ1) is 17.3. The summed E-state index contributed by atoms with van der Waals surface area (Å²) in [5, 5.41) is 24.7. The van der Waals surface area contributed by atoms with Gasteiger partial charge in [-0.25, -0.2) is 0 Å². The maximum atomic E-state index is 14.7. The average molecular weight is 503 g/mol. The van der Waals surface area contributed by atoms with Crippen molar-refractivity contribution >= 4 is 17.3 Å². The van der Waals surface area contributed by atoms with Crippen molar-refractivity contribution in [2.24, 2.45) is 22.2 Å². The molecule has 5 atom stereocenters. The molecule has 0 heterocycles. The third kappa shape index (κ3) is 3.74. The van der Waals surface area contributed by atoms with E-state index < -0.39 is 27.6 Å². The van der Waals surface area contributed by atoms with Gasteiger partial charge in [0.2, 0.25) is 0 Å². The third-order valence-corrected chi connectivity index (χ3v) is 9.39. The molecule has 4 saturated carbocycles. The molecule has 4 aliphatic carbocycles. The van der Waals surface area contributed by atoms with Gasteiger partial charge in [-0.1, -0.05) is 72.2 Å². The number of aliphatic hydroxyl groups is 2. The Bertz CT molecular complexity index is 1240. The molecule has 4 nitrogen and oxygen atoms in total. The second-order valence-electron chi connectivity index (χ2n) is 12.6. The van der Waals surface area contributed by atoms with E-state index in [0.717, 1.165) is 17.6 Å². The molecule has 4 fully saturated rings. The van der Waals surface area contributed by atoms with Crippen LogP contribution in [0.15, 0.2) is 70.9 Å². The molecule has 5 rings (SSSR count). The van der Waals surface area contributed by atoms with Gasteiger partial charge in [0.05, 0.1) is 16.4 Å². The lowest BCUT2D eigenvalue weighted by Gasteiger charge is -2.63. The van der Waals surface area contributed by atoms with Crippen LogP contribution in [0.2, 0.25) is 0 Å². The molecule has 0 aromatic heterocycles. The molecule has 198 valence electrons. The summed E-state index contributed by atoms with van der Waals surface area (Å²) >= 11 is 0. The van der Waals surface area contributed by atoms with Gasteiger partial charge < -0.3 is 10.2 Å². The van der Waals surface area contributed by atoms with Crippen LogP contribution >= 0.6 is 0 Å². The molecule has 1 aromatic rings. The minimum Gasteiger partial charge on any atom is -0.507 e. The maximum Gasteiger partial charge on any atom is 0.179 e. The molecule has 1 aromatic carbocycles. The van der Waals surface area contributed by atoms with E-state index in [-0.39, 0.29) is 29.5 Å². The number of allylic oxidation sites excluding steroid dienone is 6. The quantitative estimate of drug-likeness (QED) is 0.177. The van der Waals surface area contributed by atoms with Crippen LogP contribution in [-0.2, 0) is 9.59 Å². The highest BCUT2D eigenvalue weighted by Crippen LogP contribution is 2.78. The summed E-state index contributed by atoms with van der Waals surface area (Å²) in [6.07, 6.45) is 8.32. The second kappa shape index (κ2) is 9.23. The minimum atomic E-state index is -1.77. The maximum absolute atomic E-state index is 14.7. The van der Waals surface area contributed by atoms with E-state index in [1.165, 1.54) is 5.57 Å². The van der Waals surface area contributed by atoms with Gasteiger partial charge in [-0.2, -0.15) is 0 Å².